The zero-order chi connectivity index (χ0) is 19.6. The number of rotatable bonds is 5. The monoisotopic (exact) mass is 360 g/mol. The Morgan fingerprint density at radius 1 is 1.46 bits per heavy atom. The molecule has 1 amide bonds. The predicted molar refractivity (Wildman–Crippen MR) is 100 cm³/mol. The molecule has 6 nitrogen and oxygen atoms in total. The SMILES string of the molecule is C=CC[C@@H](c1cc(F)cc(-c2c(N)cnn2C)c1)N(C(=O)O)C(C)(C)C. The topological polar surface area (TPSA) is 84.4 Å². The minimum Gasteiger partial charge on any atom is -0.465 e. The van der Waals surface area contributed by atoms with Gasteiger partial charge in [-0.1, -0.05) is 6.08 Å². The van der Waals surface area contributed by atoms with Crippen molar-refractivity contribution in [2.45, 2.75) is 38.8 Å². The van der Waals surface area contributed by atoms with Crippen molar-refractivity contribution in [1.82, 2.24) is 14.7 Å². The van der Waals surface area contributed by atoms with Gasteiger partial charge in [-0.2, -0.15) is 5.10 Å². The molecule has 140 valence electrons. The second kappa shape index (κ2) is 7.19. The number of nitrogens with zero attached hydrogens (tertiary/aromatic N) is 3. The van der Waals surface area contributed by atoms with Crippen molar-refractivity contribution < 1.29 is 14.3 Å². The number of nitrogen functional groups attached to an aromatic ring is 1. The molecule has 1 heterocycles. The third-order valence-electron chi connectivity index (χ3n) is 4.18. The molecule has 0 aliphatic heterocycles. The Bertz CT molecular complexity index is 804. The smallest absolute Gasteiger partial charge is 0.408 e. The maximum atomic E-state index is 14.4. The highest BCUT2D eigenvalue weighted by atomic mass is 19.1. The average Bonchev–Trinajstić information content (AvgIpc) is 2.83. The van der Waals surface area contributed by atoms with Crippen LogP contribution in [0.5, 0.6) is 0 Å². The molecule has 2 aromatic rings. The molecule has 7 heteroatoms. The van der Waals surface area contributed by atoms with Gasteiger partial charge < -0.3 is 10.8 Å². The van der Waals surface area contributed by atoms with E-state index in [1.165, 1.54) is 23.2 Å². The molecule has 0 radical (unpaired) electrons. The van der Waals surface area contributed by atoms with Crippen LogP contribution < -0.4 is 5.73 Å². The minimum absolute atomic E-state index is 0.354. The van der Waals surface area contributed by atoms with E-state index in [2.05, 4.69) is 11.7 Å². The van der Waals surface area contributed by atoms with Gasteiger partial charge in [0.05, 0.1) is 23.6 Å². The third-order valence-corrected chi connectivity index (χ3v) is 4.18. The first-order valence-electron chi connectivity index (χ1n) is 8.27. The summed E-state index contributed by atoms with van der Waals surface area (Å²) in [7, 11) is 1.72. The summed E-state index contributed by atoms with van der Waals surface area (Å²) in [6.45, 7) is 9.13. The second-order valence-electron chi connectivity index (χ2n) is 7.21. The lowest BCUT2D eigenvalue weighted by atomic mass is 9.94. The number of hydrogen-bond donors (Lipinski definition) is 2. The molecule has 1 aromatic carbocycles. The van der Waals surface area contributed by atoms with Gasteiger partial charge in [0.1, 0.15) is 5.82 Å². The number of hydrogen-bond acceptors (Lipinski definition) is 3. The highest BCUT2D eigenvalue weighted by Gasteiger charge is 2.34. The van der Waals surface area contributed by atoms with E-state index in [4.69, 9.17) is 5.73 Å². The quantitative estimate of drug-likeness (QED) is 0.783. The lowest BCUT2D eigenvalue weighted by Crippen LogP contribution is -2.47. The molecule has 1 aromatic heterocycles. The number of anilines is 1. The van der Waals surface area contributed by atoms with Crippen LogP contribution >= 0.6 is 0 Å². The summed E-state index contributed by atoms with van der Waals surface area (Å²) in [6.07, 6.45) is 2.41. The van der Waals surface area contributed by atoms with E-state index in [-0.39, 0.29) is 0 Å². The van der Waals surface area contributed by atoms with Crippen molar-refractivity contribution in [3.05, 3.63) is 48.4 Å². The highest BCUT2D eigenvalue weighted by molar-refractivity contribution is 5.73. The fraction of sp³-hybridized carbons (Fsp3) is 0.368. The molecule has 3 N–H and O–H groups in total. The molecule has 0 aliphatic carbocycles. The molecule has 1 atom stereocenters. The van der Waals surface area contributed by atoms with Gasteiger partial charge in [0.25, 0.3) is 0 Å². The normalized spacial score (nSPS) is 12.7. The van der Waals surface area contributed by atoms with Gasteiger partial charge in [0.15, 0.2) is 0 Å². The zero-order valence-electron chi connectivity index (χ0n) is 15.5. The molecule has 0 spiro atoms. The van der Waals surface area contributed by atoms with Gasteiger partial charge in [-0.05, 0) is 51.0 Å². The van der Waals surface area contributed by atoms with Gasteiger partial charge in [0, 0.05) is 18.2 Å². The minimum atomic E-state index is -1.07. The lowest BCUT2D eigenvalue weighted by Gasteiger charge is -2.39. The summed E-state index contributed by atoms with van der Waals surface area (Å²) < 4.78 is 15.9. The van der Waals surface area contributed by atoms with Gasteiger partial charge in [-0.3, -0.25) is 9.58 Å². The van der Waals surface area contributed by atoms with Crippen LogP contribution in [0.2, 0.25) is 0 Å². The van der Waals surface area contributed by atoms with Crippen molar-refractivity contribution in [3.8, 4) is 11.3 Å². The van der Waals surface area contributed by atoms with Crippen LogP contribution in [0, 0.1) is 5.82 Å². The van der Waals surface area contributed by atoms with Crippen molar-refractivity contribution in [2.24, 2.45) is 7.05 Å². The van der Waals surface area contributed by atoms with Crippen LogP contribution in [0.25, 0.3) is 11.3 Å². The summed E-state index contributed by atoms with van der Waals surface area (Å²) in [5.74, 6) is -0.466. The van der Waals surface area contributed by atoms with Gasteiger partial charge >= 0.3 is 6.09 Å². The zero-order valence-corrected chi connectivity index (χ0v) is 15.5. The van der Waals surface area contributed by atoms with E-state index in [0.717, 1.165) is 0 Å². The maximum Gasteiger partial charge on any atom is 0.408 e. The maximum absolute atomic E-state index is 14.4. The Morgan fingerprint density at radius 3 is 2.58 bits per heavy atom. The van der Waals surface area contributed by atoms with E-state index >= 15 is 0 Å². The van der Waals surface area contributed by atoms with Crippen LogP contribution in [0.3, 0.4) is 0 Å². The summed E-state index contributed by atoms with van der Waals surface area (Å²) in [5, 5.41) is 13.8. The molecule has 0 aliphatic rings. The first-order chi connectivity index (χ1) is 12.1. The third kappa shape index (κ3) is 3.87. The number of aromatic nitrogens is 2. The molecular weight excluding hydrogens is 335 g/mol. The molecule has 0 saturated heterocycles. The van der Waals surface area contributed by atoms with Crippen LogP contribution in [0.1, 0.15) is 38.8 Å². The van der Waals surface area contributed by atoms with Crippen molar-refractivity contribution in [1.29, 1.82) is 0 Å². The molecule has 0 bridgehead atoms. The van der Waals surface area contributed by atoms with E-state index in [1.54, 1.807) is 44.6 Å². The Labute approximate surface area is 152 Å². The Morgan fingerprint density at radius 2 is 2.12 bits per heavy atom. The van der Waals surface area contributed by atoms with E-state index in [9.17, 15) is 14.3 Å². The van der Waals surface area contributed by atoms with Gasteiger partial charge in [-0.15, -0.1) is 6.58 Å². The van der Waals surface area contributed by atoms with Crippen LogP contribution in [-0.2, 0) is 7.05 Å². The average molecular weight is 360 g/mol. The number of halogens is 1. The van der Waals surface area contributed by atoms with E-state index in [1.807, 2.05) is 0 Å². The number of amides is 1. The first-order valence-corrected chi connectivity index (χ1v) is 8.27. The summed E-state index contributed by atoms with van der Waals surface area (Å²) in [6, 6.07) is 3.90. The van der Waals surface area contributed by atoms with Crippen LogP contribution in [0.4, 0.5) is 14.9 Å². The van der Waals surface area contributed by atoms with E-state index in [0.29, 0.717) is 28.9 Å². The molecule has 0 unspecified atom stereocenters. The van der Waals surface area contributed by atoms with Gasteiger partial charge in [0.2, 0.25) is 0 Å². The molecule has 2 rings (SSSR count). The standard InChI is InChI=1S/C19H25FN4O2/c1-6-7-16(24(18(25)26)19(2,3)4)12-8-13(10-14(20)9-12)17-15(21)11-22-23(17)5/h6,8-11,16H,1,7,21H2,2-5H3,(H,25,26)/t16-/m0/s1. The van der Waals surface area contributed by atoms with Gasteiger partial charge in [-0.25, -0.2) is 9.18 Å². The Kier molecular flexibility index (Phi) is 5.39. The largest absolute Gasteiger partial charge is 0.465 e. The van der Waals surface area contributed by atoms with Crippen LogP contribution in [-0.4, -0.2) is 31.4 Å². The number of nitrogens with two attached hydrogens (primary N) is 1. The predicted octanol–water partition coefficient (Wildman–Crippen LogP) is 4.20. The number of aryl methyl sites for hydroxylation is 1. The number of carboxylic acid groups (broad SMARTS) is 1. The lowest BCUT2D eigenvalue weighted by molar-refractivity contribution is 0.0703. The number of benzene rings is 1. The summed E-state index contributed by atoms with van der Waals surface area (Å²) in [4.78, 5) is 13.2. The van der Waals surface area contributed by atoms with Crippen molar-refractivity contribution in [2.75, 3.05) is 5.73 Å². The fourth-order valence-electron chi connectivity index (χ4n) is 3.19. The summed E-state index contributed by atoms with van der Waals surface area (Å²) >= 11 is 0. The second-order valence-corrected chi connectivity index (χ2v) is 7.21. The Hall–Kier alpha value is -2.83. The fourth-order valence-corrected chi connectivity index (χ4v) is 3.19. The molecular formula is C19H25FN4O2. The Balaban J connectivity index is 2.63. The van der Waals surface area contributed by atoms with Crippen molar-refractivity contribution >= 4 is 11.8 Å². The highest BCUT2D eigenvalue weighted by Crippen LogP contribution is 2.35. The molecule has 26 heavy (non-hydrogen) atoms. The van der Waals surface area contributed by atoms with E-state index < -0.39 is 23.5 Å². The molecule has 0 fully saturated rings. The molecule has 0 saturated carbocycles. The van der Waals surface area contributed by atoms with Crippen molar-refractivity contribution in [3.63, 3.8) is 0 Å². The summed E-state index contributed by atoms with van der Waals surface area (Å²) in [5.41, 5.74) is 7.39. The number of carbonyl (C=O) groups is 1. The first kappa shape index (κ1) is 19.5. The van der Waals surface area contributed by atoms with Crippen LogP contribution in [0.15, 0.2) is 37.1 Å².